The lowest BCUT2D eigenvalue weighted by Gasteiger charge is -2.35. The number of fused-ring (bicyclic) bond motifs is 3. The van der Waals surface area contributed by atoms with Crippen molar-refractivity contribution in [3.05, 3.63) is 81.0 Å². The first kappa shape index (κ1) is 22.4. The van der Waals surface area contributed by atoms with Gasteiger partial charge < -0.3 is 4.90 Å². The van der Waals surface area contributed by atoms with E-state index in [1.54, 1.807) is 24.3 Å². The molecule has 0 N–H and O–H groups in total. The number of anilines is 1. The maximum Gasteiger partial charge on any atom is 0.272 e. The summed E-state index contributed by atoms with van der Waals surface area (Å²) in [5.41, 5.74) is 2.10. The number of hydrogen-bond acceptors (Lipinski definition) is 7. The molecule has 34 heavy (non-hydrogen) atoms. The smallest absolute Gasteiger partial charge is 0.272 e. The molecule has 0 saturated carbocycles. The first-order valence-corrected chi connectivity index (χ1v) is 11.5. The number of carbonyl (C=O) groups is 1. The molecule has 0 radical (unpaired) electrons. The van der Waals surface area contributed by atoms with Gasteiger partial charge in [0.15, 0.2) is 12.0 Å². The molecule has 2 aromatic carbocycles. The SMILES string of the molecule is C=C1N=C(c2ccccc2Cl)c2cc([N+](=O)[O-])ccc2N2C(=O)C(N3CCN(CC)CC3)N=C12. The van der Waals surface area contributed by atoms with Crippen LogP contribution < -0.4 is 4.90 Å². The lowest BCUT2D eigenvalue weighted by atomic mass is 9.99. The number of non-ortho nitro benzene ring substituents is 1. The standard InChI is InChI=1S/C24H23ClN6O3/c1-3-28-10-12-29(13-11-28)23-24(32)30-20-9-8-16(31(33)34)14-18(20)21(26-15(2)22(30)27-23)17-6-4-5-7-19(17)25/h4-9,14,23H,2-3,10-13H2,1H3. The molecular weight excluding hydrogens is 456 g/mol. The number of carbonyl (C=O) groups excluding carboxylic acids is 1. The fourth-order valence-electron chi connectivity index (χ4n) is 4.57. The summed E-state index contributed by atoms with van der Waals surface area (Å²) in [4.78, 5) is 40.1. The van der Waals surface area contributed by atoms with E-state index in [1.807, 2.05) is 6.07 Å². The number of amides is 1. The second-order valence-corrected chi connectivity index (χ2v) is 8.72. The zero-order valence-electron chi connectivity index (χ0n) is 18.6. The van der Waals surface area contributed by atoms with E-state index >= 15 is 0 Å². The minimum Gasteiger partial charge on any atom is -0.301 e. The van der Waals surface area contributed by atoms with Crippen LogP contribution in [0.3, 0.4) is 0 Å². The monoisotopic (exact) mass is 478 g/mol. The Labute approximate surface area is 201 Å². The van der Waals surface area contributed by atoms with Crippen molar-refractivity contribution < 1.29 is 9.72 Å². The molecule has 1 unspecified atom stereocenters. The van der Waals surface area contributed by atoms with Crippen molar-refractivity contribution in [1.82, 2.24) is 9.80 Å². The molecule has 3 aliphatic rings. The van der Waals surface area contributed by atoms with Crippen molar-refractivity contribution in [1.29, 1.82) is 0 Å². The molecule has 174 valence electrons. The molecule has 5 rings (SSSR count). The molecule has 1 amide bonds. The number of rotatable bonds is 4. The van der Waals surface area contributed by atoms with Gasteiger partial charge in [-0.15, -0.1) is 0 Å². The van der Waals surface area contributed by atoms with Crippen molar-refractivity contribution in [3.63, 3.8) is 0 Å². The molecule has 3 heterocycles. The summed E-state index contributed by atoms with van der Waals surface area (Å²) in [6, 6.07) is 11.5. The Morgan fingerprint density at radius 2 is 1.88 bits per heavy atom. The number of nitro groups is 1. The second-order valence-electron chi connectivity index (χ2n) is 8.32. The van der Waals surface area contributed by atoms with Gasteiger partial charge >= 0.3 is 0 Å². The molecule has 0 aliphatic carbocycles. The summed E-state index contributed by atoms with van der Waals surface area (Å²) in [6.07, 6.45) is -0.675. The molecule has 1 atom stereocenters. The van der Waals surface area contributed by atoms with Crippen molar-refractivity contribution in [2.45, 2.75) is 13.1 Å². The van der Waals surface area contributed by atoms with Gasteiger partial charge in [-0.2, -0.15) is 0 Å². The van der Waals surface area contributed by atoms with E-state index in [9.17, 15) is 14.9 Å². The van der Waals surface area contributed by atoms with E-state index in [0.717, 1.165) is 32.7 Å². The molecule has 2 aromatic rings. The summed E-state index contributed by atoms with van der Waals surface area (Å²) < 4.78 is 0. The van der Waals surface area contributed by atoms with Crippen LogP contribution >= 0.6 is 11.6 Å². The van der Waals surface area contributed by atoms with Crippen LogP contribution in [0.15, 0.2) is 64.7 Å². The number of amidine groups is 1. The number of likely N-dealkylation sites (N-methyl/N-ethyl adjacent to an activating group) is 1. The van der Waals surface area contributed by atoms with Crippen molar-refractivity contribution in [2.75, 3.05) is 37.6 Å². The van der Waals surface area contributed by atoms with Gasteiger partial charge in [-0.05, 0) is 18.7 Å². The third-order valence-corrected chi connectivity index (χ3v) is 6.75. The Kier molecular flexibility index (Phi) is 5.76. The Balaban J connectivity index is 1.63. The minimum atomic E-state index is -0.675. The molecule has 1 saturated heterocycles. The van der Waals surface area contributed by atoms with Crippen LogP contribution in [0.25, 0.3) is 0 Å². The summed E-state index contributed by atoms with van der Waals surface area (Å²) >= 11 is 6.46. The summed E-state index contributed by atoms with van der Waals surface area (Å²) in [7, 11) is 0. The van der Waals surface area contributed by atoms with Gasteiger partial charge in [-0.3, -0.25) is 24.7 Å². The number of benzene rings is 2. The molecule has 9 nitrogen and oxygen atoms in total. The highest BCUT2D eigenvalue weighted by atomic mass is 35.5. The first-order valence-electron chi connectivity index (χ1n) is 11.1. The van der Waals surface area contributed by atoms with E-state index in [1.165, 1.54) is 17.0 Å². The van der Waals surface area contributed by atoms with Gasteiger partial charge in [-0.1, -0.05) is 43.3 Å². The van der Waals surface area contributed by atoms with Crippen LogP contribution in [0.2, 0.25) is 5.02 Å². The number of aliphatic imine (C=N–C) groups is 2. The fraction of sp³-hybridized carbons (Fsp3) is 0.292. The molecule has 0 aromatic heterocycles. The van der Waals surface area contributed by atoms with Crippen molar-refractivity contribution in [3.8, 4) is 0 Å². The number of halogens is 1. The Morgan fingerprint density at radius 3 is 2.56 bits per heavy atom. The second kappa shape index (κ2) is 8.75. The van der Waals surface area contributed by atoms with Crippen LogP contribution in [0.5, 0.6) is 0 Å². The highest BCUT2D eigenvalue weighted by Crippen LogP contribution is 2.37. The highest BCUT2D eigenvalue weighted by Gasteiger charge is 2.43. The summed E-state index contributed by atoms with van der Waals surface area (Å²) in [5, 5.41) is 12.0. The van der Waals surface area contributed by atoms with E-state index in [-0.39, 0.29) is 11.6 Å². The first-order chi connectivity index (χ1) is 16.4. The highest BCUT2D eigenvalue weighted by molar-refractivity contribution is 6.38. The number of nitrogens with zero attached hydrogens (tertiary/aromatic N) is 6. The molecule has 0 spiro atoms. The predicted molar refractivity (Wildman–Crippen MR) is 132 cm³/mol. The topological polar surface area (TPSA) is 94.6 Å². The van der Waals surface area contributed by atoms with Crippen LogP contribution in [-0.4, -0.2) is 71.1 Å². The van der Waals surface area contributed by atoms with Gasteiger partial charge in [0.2, 0.25) is 0 Å². The minimum absolute atomic E-state index is 0.108. The zero-order valence-corrected chi connectivity index (χ0v) is 19.4. The largest absolute Gasteiger partial charge is 0.301 e. The number of nitro benzene ring substituents is 1. The van der Waals surface area contributed by atoms with E-state index in [2.05, 4.69) is 23.3 Å². The van der Waals surface area contributed by atoms with Crippen LogP contribution in [0.4, 0.5) is 11.4 Å². The lowest BCUT2D eigenvalue weighted by Crippen LogP contribution is -2.52. The van der Waals surface area contributed by atoms with Gasteiger partial charge in [0.25, 0.3) is 11.6 Å². The van der Waals surface area contributed by atoms with E-state index in [0.29, 0.717) is 39.1 Å². The van der Waals surface area contributed by atoms with Gasteiger partial charge in [-0.25, -0.2) is 9.98 Å². The van der Waals surface area contributed by atoms with Crippen molar-refractivity contribution in [2.24, 2.45) is 9.98 Å². The van der Waals surface area contributed by atoms with Crippen molar-refractivity contribution >= 4 is 40.4 Å². The molecular formula is C24H23ClN6O3. The van der Waals surface area contributed by atoms with Gasteiger partial charge in [0.05, 0.1) is 22.0 Å². The third-order valence-electron chi connectivity index (χ3n) is 6.42. The van der Waals surface area contributed by atoms with E-state index in [4.69, 9.17) is 21.6 Å². The average Bonchev–Trinajstić information content (AvgIpc) is 3.13. The van der Waals surface area contributed by atoms with Crippen LogP contribution in [0, 0.1) is 10.1 Å². The maximum absolute atomic E-state index is 13.7. The van der Waals surface area contributed by atoms with Gasteiger partial charge in [0.1, 0.15) is 0 Å². The Hall–Kier alpha value is -3.40. The predicted octanol–water partition coefficient (Wildman–Crippen LogP) is 3.32. The molecule has 3 aliphatic heterocycles. The fourth-order valence-corrected chi connectivity index (χ4v) is 4.80. The van der Waals surface area contributed by atoms with Crippen LogP contribution in [0.1, 0.15) is 18.1 Å². The quantitative estimate of drug-likeness (QED) is 0.496. The van der Waals surface area contributed by atoms with Crippen LogP contribution in [-0.2, 0) is 4.79 Å². The zero-order chi connectivity index (χ0) is 24.0. The van der Waals surface area contributed by atoms with Gasteiger partial charge in [0, 0.05) is 54.5 Å². The third kappa shape index (κ3) is 3.71. The summed E-state index contributed by atoms with van der Waals surface area (Å²) in [6.45, 7) is 10.4. The molecule has 10 heteroatoms. The Morgan fingerprint density at radius 1 is 1.15 bits per heavy atom. The number of piperazine rings is 1. The lowest BCUT2D eigenvalue weighted by molar-refractivity contribution is -0.384. The molecule has 0 bridgehead atoms. The number of hydrogen-bond donors (Lipinski definition) is 0. The van der Waals surface area contributed by atoms with E-state index < -0.39 is 11.1 Å². The maximum atomic E-state index is 13.7. The normalized spacial score (nSPS) is 21.0. The Bertz CT molecular complexity index is 1270. The summed E-state index contributed by atoms with van der Waals surface area (Å²) in [5.74, 6) is 0.136. The average molecular weight is 479 g/mol. The molecule has 1 fully saturated rings.